The number of amides is 1. The molecule has 1 amide bonds. The van der Waals surface area contributed by atoms with Crippen LogP contribution in [0.2, 0.25) is 0 Å². The van der Waals surface area contributed by atoms with E-state index in [-0.39, 0.29) is 6.61 Å². The summed E-state index contributed by atoms with van der Waals surface area (Å²) in [6.45, 7) is 7.77. The number of benzene rings is 1. The standard InChI is InChI=1S/C32H55NO11/c1-2-3-4-5-6-7-8-29-9-11-30(12-10-29)44-26-25-42-24-23-41-22-21-40-20-19-39-18-17-38-16-15-37-14-13-33-31(34)27-43-28-32(35)36/h9-12H,2-8,13-28H2,1H3,(H,33,34)(H,35,36). The van der Waals surface area contributed by atoms with Crippen LogP contribution in [-0.4, -0.2) is 123 Å². The van der Waals surface area contributed by atoms with Gasteiger partial charge in [-0.05, 0) is 30.5 Å². The molecule has 0 heterocycles. The predicted molar refractivity (Wildman–Crippen MR) is 165 cm³/mol. The van der Waals surface area contributed by atoms with Gasteiger partial charge < -0.3 is 48.3 Å². The second-order valence-corrected chi connectivity index (χ2v) is 9.92. The van der Waals surface area contributed by atoms with Gasteiger partial charge in [0.1, 0.15) is 25.6 Å². The topological polar surface area (TPSA) is 140 Å². The lowest BCUT2D eigenvalue weighted by molar-refractivity contribution is -0.143. The van der Waals surface area contributed by atoms with Gasteiger partial charge in [0.25, 0.3) is 0 Å². The van der Waals surface area contributed by atoms with E-state index in [0.717, 1.165) is 12.2 Å². The lowest BCUT2D eigenvalue weighted by Crippen LogP contribution is -2.31. The summed E-state index contributed by atoms with van der Waals surface area (Å²) in [4.78, 5) is 21.6. The highest BCUT2D eigenvalue weighted by Crippen LogP contribution is 2.15. The number of unbranched alkanes of at least 4 members (excludes halogenated alkanes) is 5. The Morgan fingerprint density at radius 2 is 1.07 bits per heavy atom. The molecule has 0 unspecified atom stereocenters. The van der Waals surface area contributed by atoms with Crippen LogP contribution >= 0.6 is 0 Å². The van der Waals surface area contributed by atoms with Crippen molar-refractivity contribution in [1.82, 2.24) is 5.32 Å². The maximum atomic E-state index is 11.4. The Hall–Kier alpha value is -2.32. The smallest absolute Gasteiger partial charge is 0.329 e. The van der Waals surface area contributed by atoms with E-state index in [9.17, 15) is 9.59 Å². The van der Waals surface area contributed by atoms with Crippen molar-refractivity contribution in [2.45, 2.75) is 51.9 Å². The molecule has 2 N–H and O–H groups in total. The Morgan fingerprint density at radius 3 is 1.59 bits per heavy atom. The number of hydrogen-bond acceptors (Lipinski definition) is 10. The van der Waals surface area contributed by atoms with Crippen LogP contribution < -0.4 is 10.1 Å². The molecule has 12 nitrogen and oxygen atoms in total. The number of carboxylic acid groups (broad SMARTS) is 1. The zero-order chi connectivity index (χ0) is 31.8. The molecule has 254 valence electrons. The molecule has 0 aliphatic carbocycles. The molecule has 0 radical (unpaired) electrons. The molecular formula is C32H55NO11. The van der Waals surface area contributed by atoms with E-state index in [2.05, 4.69) is 29.1 Å². The molecule has 0 aromatic heterocycles. The number of rotatable bonds is 33. The summed E-state index contributed by atoms with van der Waals surface area (Å²) in [7, 11) is 0. The number of carbonyl (C=O) groups excluding carboxylic acids is 1. The number of carbonyl (C=O) groups is 2. The molecule has 1 aromatic rings. The maximum Gasteiger partial charge on any atom is 0.329 e. The van der Waals surface area contributed by atoms with Crippen molar-refractivity contribution in [2.24, 2.45) is 0 Å². The minimum atomic E-state index is -1.12. The first kappa shape index (κ1) is 39.7. The van der Waals surface area contributed by atoms with Gasteiger partial charge in [0, 0.05) is 6.54 Å². The van der Waals surface area contributed by atoms with Gasteiger partial charge in [-0.1, -0.05) is 51.2 Å². The van der Waals surface area contributed by atoms with Crippen LogP contribution in [0.25, 0.3) is 0 Å². The van der Waals surface area contributed by atoms with E-state index in [0.29, 0.717) is 92.4 Å². The Bertz CT molecular complexity index is 795. The van der Waals surface area contributed by atoms with Crippen molar-refractivity contribution < 1.29 is 52.6 Å². The molecule has 0 aliphatic heterocycles. The molecule has 0 bridgehead atoms. The average Bonchev–Trinajstić information content (AvgIpc) is 3.02. The molecule has 1 aromatic carbocycles. The fraction of sp³-hybridized carbons (Fsp3) is 0.750. The van der Waals surface area contributed by atoms with Gasteiger partial charge in [0.15, 0.2) is 0 Å². The molecular weight excluding hydrogens is 574 g/mol. The molecule has 12 heteroatoms. The summed E-state index contributed by atoms with van der Waals surface area (Å²) in [6.07, 6.45) is 9.04. The van der Waals surface area contributed by atoms with Gasteiger partial charge in [0.2, 0.25) is 5.91 Å². The first-order chi connectivity index (χ1) is 21.6. The minimum absolute atomic E-state index is 0.295. The van der Waals surface area contributed by atoms with Crippen LogP contribution in [0.5, 0.6) is 5.75 Å². The minimum Gasteiger partial charge on any atom is -0.491 e. The predicted octanol–water partition coefficient (Wildman–Crippen LogP) is 3.29. The number of aryl methyl sites for hydroxylation is 1. The first-order valence-electron chi connectivity index (χ1n) is 15.9. The van der Waals surface area contributed by atoms with E-state index in [1.807, 2.05) is 12.1 Å². The Balaban J connectivity index is 1.75. The van der Waals surface area contributed by atoms with Crippen LogP contribution in [0, 0.1) is 0 Å². The molecule has 0 saturated carbocycles. The third kappa shape index (κ3) is 27.2. The van der Waals surface area contributed by atoms with Crippen molar-refractivity contribution in [2.75, 3.05) is 106 Å². The van der Waals surface area contributed by atoms with Crippen molar-refractivity contribution >= 4 is 11.9 Å². The third-order valence-corrected chi connectivity index (χ3v) is 6.13. The van der Waals surface area contributed by atoms with Gasteiger partial charge in [-0.25, -0.2) is 4.79 Å². The van der Waals surface area contributed by atoms with Crippen molar-refractivity contribution in [3.05, 3.63) is 29.8 Å². The molecule has 0 atom stereocenters. The summed E-state index contributed by atoms with van der Waals surface area (Å²) in [5.41, 5.74) is 1.37. The van der Waals surface area contributed by atoms with Gasteiger partial charge in [-0.15, -0.1) is 0 Å². The van der Waals surface area contributed by atoms with E-state index < -0.39 is 18.5 Å². The summed E-state index contributed by atoms with van der Waals surface area (Å²) >= 11 is 0. The quantitative estimate of drug-likeness (QED) is 0.111. The van der Waals surface area contributed by atoms with E-state index in [1.165, 1.54) is 44.1 Å². The van der Waals surface area contributed by atoms with Crippen LogP contribution in [0.15, 0.2) is 24.3 Å². The average molecular weight is 630 g/mol. The fourth-order valence-electron chi connectivity index (χ4n) is 3.83. The second kappa shape index (κ2) is 30.7. The molecule has 0 saturated heterocycles. The van der Waals surface area contributed by atoms with Gasteiger partial charge in [-0.3, -0.25) is 4.79 Å². The van der Waals surface area contributed by atoms with Crippen molar-refractivity contribution in [3.8, 4) is 5.75 Å². The number of nitrogens with one attached hydrogen (secondary N) is 1. The first-order valence-corrected chi connectivity index (χ1v) is 15.9. The fourth-order valence-corrected chi connectivity index (χ4v) is 3.83. The molecule has 0 fully saturated rings. The molecule has 44 heavy (non-hydrogen) atoms. The van der Waals surface area contributed by atoms with E-state index >= 15 is 0 Å². The highest BCUT2D eigenvalue weighted by Gasteiger charge is 2.03. The highest BCUT2D eigenvalue weighted by molar-refractivity contribution is 5.77. The summed E-state index contributed by atoms with van der Waals surface area (Å²) in [5.74, 6) is -0.637. The third-order valence-electron chi connectivity index (χ3n) is 6.13. The monoisotopic (exact) mass is 629 g/mol. The van der Waals surface area contributed by atoms with Crippen LogP contribution in [0.4, 0.5) is 0 Å². The number of carboxylic acids is 1. The van der Waals surface area contributed by atoms with Crippen LogP contribution in [-0.2, 0) is 49.2 Å². The van der Waals surface area contributed by atoms with E-state index in [4.69, 9.17) is 38.3 Å². The van der Waals surface area contributed by atoms with E-state index in [1.54, 1.807) is 0 Å². The molecule has 0 spiro atoms. The maximum absolute atomic E-state index is 11.4. The van der Waals surface area contributed by atoms with Gasteiger partial charge in [-0.2, -0.15) is 0 Å². The zero-order valence-electron chi connectivity index (χ0n) is 26.6. The van der Waals surface area contributed by atoms with Crippen LogP contribution in [0.1, 0.15) is 51.0 Å². The van der Waals surface area contributed by atoms with Gasteiger partial charge in [0.05, 0.1) is 79.3 Å². The summed E-state index contributed by atoms with van der Waals surface area (Å²) in [6, 6.07) is 8.38. The zero-order valence-corrected chi connectivity index (χ0v) is 26.6. The Labute approximate surface area is 262 Å². The summed E-state index contributed by atoms with van der Waals surface area (Å²) in [5, 5.41) is 11.0. The number of aliphatic carboxylic acids is 1. The Kier molecular flexibility index (Phi) is 27.7. The second-order valence-electron chi connectivity index (χ2n) is 9.92. The normalized spacial score (nSPS) is 11.1. The number of ether oxygens (including phenoxy) is 8. The molecule has 0 aliphatic rings. The number of hydrogen-bond donors (Lipinski definition) is 2. The lowest BCUT2D eigenvalue weighted by Gasteiger charge is -2.09. The van der Waals surface area contributed by atoms with Crippen molar-refractivity contribution in [3.63, 3.8) is 0 Å². The van der Waals surface area contributed by atoms with Crippen molar-refractivity contribution in [1.29, 1.82) is 0 Å². The summed E-state index contributed by atoms with van der Waals surface area (Å²) < 4.78 is 43.1. The van der Waals surface area contributed by atoms with Crippen LogP contribution in [0.3, 0.4) is 0 Å². The highest BCUT2D eigenvalue weighted by atomic mass is 16.6. The van der Waals surface area contributed by atoms with Gasteiger partial charge >= 0.3 is 5.97 Å². The SMILES string of the molecule is CCCCCCCCc1ccc(OCCOCCOCCOCCOCCOCCOCCNC(=O)COCC(=O)O)cc1. The Morgan fingerprint density at radius 1 is 0.591 bits per heavy atom. The largest absolute Gasteiger partial charge is 0.491 e. The lowest BCUT2D eigenvalue weighted by atomic mass is 10.0. The molecule has 1 rings (SSSR count).